The summed E-state index contributed by atoms with van der Waals surface area (Å²) in [5, 5.41) is 18.8. The van der Waals surface area contributed by atoms with Gasteiger partial charge in [-0.1, -0.05) is 18.5 Å². The van der Waals surface area contributed by atoms with Gasteiger partial charge in [-0.25, -0.2) is 4.79 Å². The van der Waals surface area contributed by atoms with Crippen molar-refractivity contribution in [3.8, 4) is 17.4 Å². The Morgan fingerprint density at radius 1 is 1.26 bits per heavy atom. The van der Waals surface area contributed by atoms with Crippen molar-refractivity contribution in [3.05, 3.63) is 63.4 Å². The SMILES string of the molecule is CCCOC(=O)c1cc(-c2ccc(/C=C3/C(=O)N(CCCO)C(=O)C(C#N)=C3C)o2)ccc1Cl. The summed E-state index contributed by atoms with van der Waals surface area (Å²) in [6.45, 7) is 3.49. The number of amides is 2. The van der Waals surface area contributed by atoms with Crippen LogP contribution in [0.4, 0.5) is 0 Å². The maximum atomic E-state index is 12.9. The van der Waals surface area contributed by atoms with E-state index in [1.165, 1.54) is 13.0 Å². The summed E-state index contributed by atoms with van der Waals surface area (Å²) in [4.78, 5) is 38.7. The van der Waals surface area contributed by atoms with Gasteiger partial charge in [-0.2, -0.15) is 5.26 Å². The first kappa shape index (κ1) is 25.0. The molecule has 0 saturated carbocycles. The number of aliphatic hydroxyl groups excluding tert-OH is 1. The van der Waals surface area contributed by atoms with Gasteiger partial charge in [0.2, 0.25) is 0 Å². The zero-order chi connectivity index (χ0) is 24.8. The number of nitrogens with zero attached hydrogens (tertiary/aromatic N) is 2. The molecule has 2 amide bonds. The molecule has 1 aliphatic rings. The van der Waals surface area contributed by atoms with Crippen LogP contribution in [-0.2, 0) is 14.3 Å². The number of rotatable bonds is 8. The van der Waals surface area contributed by atoms with Crippen molar-refractivity contribution in [2.24, 2.45) is 0 Å². The fraction of sp³-hybridized carbons (Fsp3) is 0.280. The third kappa shape index (κ3) is 5.11. The summed E-state index contributed by atoms with van der Waals surface area (Å²) in [6.07, 6.45) is 2.35. The molecule has 3 rings (SSSR count). The number of nitriles is 1. The van der Waals surface area contributed by atoms with E-state index in [2.05, 4.69) is 0 Å². The van der Waals surface area contributed by atoms with Crippen LogP contribution in [0.25, 0.3) is 17.4 Å². The average Bonchev–Trinajstić information content (AvgIpc) is 3.29. The number of furan rings is 1. The second-order valence-corrected chi connectivity index (χ2v) is 7.95. The number of esters is 1. The highest BCUT2D eigenvalue weighted by Crippen LogP contribution is 2.31. The fourth-order valence-electron chi connectivity index (χ4n) is 3.40. The van der Waals surface area contributed by atoms with Crippen molar-refractivity contribution in [2.45, 2.75) is 26.7 Å². The topological polar surface area (TPSA) is 121 Å². The smallest absolute Gasteiger partial charge is 0.339 e. The van der Waals surface area contributed by atoms with Gasteiger partial charge in [0.15, 0.2) is 0 Å². The van der Waals surface area contributed by atoms with Crippen molar-refractivity contribution in [1.29, 1.82) is 5.26 Å². The summed E-state index contributed by atoms with van der Waals surface area (Å²) in [5.74, 6) is -1.05. The first-order valence-electron chi connectivity index (χ1n) is 10.7. The normalized spacial score (nSPS) is 15.1. The maximum absolute atomic E-state index is 12.9. The zero-order valence-electron chi connectivity index (χ0n) is 18.8. The van der Waals surface area contributed by atoms with E-state index in [1.54, 1.807) is 30.3 Å². The van der Waals surface area contributed by atoms with E-state index in [0.29, 0.717) is 23.5 Å². The summed E-state index contributed by atoms with van der Waals surface area (Å²) in [5.41, 5.74) is 1.06. The minimum Gasteiger partial charge on any atom is -0.462 e. The third-order valence-corrected chi connectivity index (χ3v) is 5.52. The van der Waals surface area contributed by atoms with Crippen molar-refractivity contribution < 1.29 is 28.6 Å². The van der Waals surface area contributed by atoms with Gasteiger partial charge in [0.05, 0.1) is 17.2 Å². The Bertz CT molecular complexity index is 1230. The van der Waals surface area contributed by atoms with Gasteiger partial charge >= 0.3 is 5.97 Å². The quantitative estimate of drug-likeness (QED) is 0.341. The van der Waals surface area contributed by atoms with Crippen molar-refractivity contribution in [2.75, 3.05) is 19.8 Å². The largest absolute Gasteiger partial charge is 0.462 e. The highest BCUT2D eigenvalue weighted by atomic mass is 35.5. The van der Waals surface area contributed by atoms with Gasteiger partial charge in [-0.3, -0.25) is 14.5 Å². The molecular formula is C25H23ClN2O6. The third-order valence-electron chi connectivity index (χ3n) is 5.19. The van der Waals surface area contributed by atoms with Crippen LogP contribution >= 0.6 is 11.6 Å². The van der Waals surface area contributed by atoms with Crippen molar-refractivity contribution in [1.82, 2.24) is 4.90 Å². The first-order valence-corrected chi connectivity index (χ1v) is 11.1. The minimum atomic E-state index is -0.681. The summed E-state index contributed by atoms with van der Waals surface area (Å²) < 4.78 is 11.0. The average molecular weight is 483 g/mol. The number of carbonyl (C=O) groups is 3. The van der Waals surface area contributed by atoms with E-state index in [-0.39, 0.29) is 53.5 Å². The molecule has 0 bridgehead atoms. The summed E-state index contributed by atoms with van der Waals surface area (Å²) in [6, 6.07) is 9.99. The van der Waals surface area contributed by atoms with Crippen LogP contribution in [-0.4, -0.2) is 47.5 Å². The Labute approximate surface area is 201 Å². The Morgan fingerprint density at radius 2 is 2.03 bits per heavy atom. The minimum absolute atomic E-state index is 0.00491. The van der Waals surface area contributed by atoms with E-state index in [0.717, 1.165) is 4.90 Å². The molecule has 9 heteroatoms. The summed E-state index contributed by atoms with van der Waals surface area (Å²) >= 11 is 6.15. The summed E-state index contributed by atoms with van der Waals surface area (Å²) in [7, 11) is 0. The lowest BCUT2D eigenvalue weighted by atomic mass is 9.94. The zero-order valence-corrected chi connectivity index (χ0v) is 19.5. The molecular weight excluding hydrogens is 460 g/mol. The molecule has 0 spiro atoms. The van der Waals surface area contributed by atoms with E-state index in [9.17, 15) is 19.6 Å². The molecule has 0 radical (unpaired) electrons. The maximum Gasteiger partial charge on any atom is 0.339 e. The van der Waals surface area contributed by atoms with E-state index in [4.69, 9.17) is 25.9 Å². The molecule has 1 aromatic carbocycles. The number of hydrogen-bond donors (Lipinski definition) is 1. The van der Waals surface area contributed by atoms with Crippen LogP contribution in [0, 0.1) is 11.3 Å². The number of ether oxygens (including phenoxy) is 1. The lowest BCUT2D eigenvalue weighted by Crippen LogP contribution is -2.43. The number of benzene rings is 1. The lowest BCUT2D eigenvalue weighted by Gasteiger charge is -2.27. The lowest BCUT2D eigenvalue weighted by molar-refractivity contribution is -0.140. The van der Waals surface area contributed by atoms with Gasteiger partial charge in [-0.05, 0) is 61.7 Å². The molecule has 0 atom stereocenters. The molecule has 0 fully saturated rings. The van der Waals surface area contributed by atoms with Gasteiger partial charge in [-0.15, -0.1) is 0 Å². The standard InChI is InChI=1S/C25H23ClN2O6/c1-3-11-33-25(32)19-12-16(5-7-21(19)26)22-8-6-17(34-22)13-18-15(2)20(14-27)24(31)28(23(18)30)9-4-10-29/h5-8,12-13,29H,3-4,9-11H2,1-2H3/b18-13+. The van der Waals surface area contributed by atoms with Gasteiger partial charge in [0.1, 0.15) is 23.2 Å². The van der Waals surface area contributed by atoms with Gasteiger partial charge in [0, 0.05) is 24.3 Å². The van der Waals surface area contributed by atoms with E-state index >= 15 is 0 Å². The molecule has 1 aliphatic heterocycles. The predicted octanol–water partition coefficient (Wildman–Crippen LogP) is 4.14. The number of carbonyl (C=O) groups excluding carboxylic acids is 3. The van der Waals surface area contributed by atoms with Crippen LogP contribution < -0.4 is 0 Å². The Kier molecular flexibility index (Phi) is 8.05. The van der Waals surface area contributed by atoms with E-state index < -0.39 is 17.8 Å². The molecule has 2 heterocycles. The van der Waals surface area contributed by atoms with Gasteiger partial charge < -0.3 is 14.3 Å². The first-order chi connectivity index (χ1) is 16.3. The Hall–Kier alpha value is -3.67. The highest BCUT2D eigenvalue weighted by Gasteiger charge is 2.35. The van der Waals surface area contributed by atoms with Gasteiger partial charge in [0.25, 0.3) is 11.8 Å². The Morgan fingerprint density at radius 3 is 2.71 bits per heavy atom. The number of halogens is 1. The predicted molar refractivity (Wildman–Crippen MR) is 124 cm³/mol. The molecule has 1 aromatic heterocycles. The molecule has 0 unspecified atom stereocenters. The van der Waals surface area contributed by atoms with E-state index in [1.807, 2.05) is 13.0 Å². The number of imide groups is 1. The van der Waals surface area contributed by atoms with Crippen LogP contribution in [0.1, 0.15) is 42.8 Å². The van der Waals surface area contributed by atoms with Crippen LogP contribution in [0.3, 0.4) is 0 Å². The molecule has 176 valence electrons. The van der Waals surface area contributed by atoms with Crippen molar-refractivity contribution >= 4 is 35.5 Å². The molecule has 0 aliphatic carbocycles. The van der Waals surface area contributed by atoms with Crippen LogP contribution in [0.2, 0.25) is 5.02 Å². The second kappa shape index (κ2) is 11.0. The van der Waals surface area contributed by atoms with Crippen molar-refractivity contribution in [3.63, 3.8) is 0 Å². The molecule has 1 N–H and O–H groups in total. The second-order valence-electron chi connectivity index (χ2n) is 7.54. The molecule has 34 heavy (non-hydrogen) atoms. The Balaban J connectivity index is 1.96. The van der Waals surface area contributed by atoms with Crippen LogP contribution in [0.15, 0.2) is 51.5 Å². The van der Waals surface area contributed by atoms with Crippen LogP contribution in [0.5, 0.6) is 0 Å². The molecule has 2 aromatic rings. The number of hydrogen-bond acceptors (Lipinski definition) is 7. The highest BCUT2D eigenvalue weighted by molar-refractivity contribution is 6.33. The number of aliphatic hydroxyl groups is 1. The molecule has 8 nitrogen and oxygen atoms in total. The molecule has 0 saturated heterocycles. The fourth-order valence-corrected chi connectivity index (χ4v) is 3.59. The monoisotopic (exact) mass is 482 g/mol.